The van der Waals surface area contributed by atoms with E-state index in [1.807, 2.05) is 13.8 Å². The predicted molar refractivity (Wildman–Crippen MR) is 85.4 cm³/mol. The van der Waals surface area contributed by atoms with E-state index in [2.05, 4.69) is 5.32 Å². The number of anilines is 1. The first-order valence-corrected chi connectivity index (χ1v) is 7.48. The van der Waals surface area contributed by atoms with Crippen molar-refractivity contribution in [1.29, 1.82) is 0 Å². The summed E-state index contributed by atoms with van der Waals surface area (Å²) in [4.78, 5) is 25.8. The second-order valence-electron chi connectivity index (χ2n) is 4.82. The van der Waals surface area contributed by atoms with Crippen LogP contribution in [0.25, 0.3) is 0 Å². The molecular weight excluding hydrogens is 290 g/mol. The Labute approximate surface area is 130 Å². The highest BCUT2D eigenvalue weighted by Gasteiger charge is 2.20. The summed E-state index contributed by atoms with van der Waals surface area (Å²) in [5, 5.41) is 3.10. The van der Waals surface area contributed by atoms with Crippen molar-refractivity contribution < 1.29 is 9.59 Å². The Balaban J connectivity index is 2.86. The molecule has 5 nitrogen and oxygen atoms in total. The molecule has 116 valence electrons. The number of rotatable bonds is 7. The van der Waals surface area contributed by atoms with Crippen molar-refractivity contribution in [2.75, 3.05) is 25.4 Å². The lowest BCUT2D eigenvalue weighted by Crippen LogP contribution is -2.41. The largest absolute Gasteiger partial charge is 0.399 e. The average molecular weight is 312 g/mol. The van der Waals surface area contributed by atoms with Crippen LogP contribution in [0.5, 0.6) is 0 Å². The summed E-state index contributed by atoms with van der Waals surface area (Å²) in [7, 11) is 0. The van der Waals surface area contributed by atoms with Crippen LogP contribution in [0.4, 0.5) is 5.69 Å². The zero-order chi connectivity index (χ0) is 15.8. The Hall–Kier alpha value is -1.75. The maximum absolute atomic E-state index is 12.5. The number of nitrogens with two attached hydrogens (primary N) is 1. The van der Waals surface area contributed by atoms with E-state index in [0.717, 1.165) is 12.8 Å². The van der Waals surface area contributed by atoms with Gasteiger partial charge in [0.1, 0.15) is 0 Å². The van der Waals surface area contributed by atoms with Crippen molar-refractivity contribution >= 4 is 29.1 Å². The number of halogens is 1. The minimum Gasteiger partial charge on any atom is -0.399 e. The van der Waals surface area contributed by atoms with Crippen molar-refractivity contribution in [3.63, 3.8) is 0 Å². The first-order chi connectivity index (χ1) is 9.99. The molecule has 1 aromatic carbocycles. The van der Waals surface area contributed by atoms with Crippen LogP contribution in [-0.2, 0) is 4.79 Å². The standard InChI is InChI=1S/C15H22ClN3O2/c1-3-7-18-14(20)10-19(8-4-2)15(21)12-9-11(17)5-6-13(12)16/h5-6,9H,3-4,7-8,10,17H2,1-2H3,(H,18,20). The Bertz CT molecular complexity index is 506. The fourth-order valence-electron chi connectivity index (χ4n) is 1.89. The van der Waals surface area contributed by atoms with Crippen molar-refractivity contribution in [2.24, 2.45) is 0 Å². The summed E-state index contributed by atoms with van der Waals surface area (Å²) in [6.07, 6.45) is 1.61. The minimum absolute atomic E-state index is 0.0256. The lowest BCUT2D eigenvalue weighted by atomic mass is 10.1. The fraction of sp³-hybridized carbons (Fsp3) is 0.467. The second-order valence-corrected chi connectivity index (χ2v) is 5.22. The van der Waals surface area contributed by atoms with Gasteiger partial charge in [0.25, 0.3) is 5.91 Å². The molecule has 2 amide bonds. The van der Waals surface area contributed by atoms with Gasteiger partial charge >= 0.3 is 0 Å². The summed E-state index contributed by atoms with van der Waals surface area (Å²) >= 11 is 6.05. The molecule has 0 bridgehead atoms. The zero-order valence-electron chi connectivity index (χ0n) is 12.5. The SMILES string of the molecule is CCCNC(=O)CN(CCC)C(=O)c1cc(N)ccc1Cl. The predicted octanol–water partition coefficient (Wildman–Crippen LogP) is 2.30. The van der Waals surface area contributed by atoms with Crippen LogP contribution < -0.4 is 11.1 Å². The van der Waals surface area contributed by atoms with Gasteiger partial charge in [0.05, 0.1) is 17.1 Å². The molecule has 0 spiro atoms. The van der Waals surface area contributed by atoms with Crippen molar-refractivity contribution in [3.05, 3.63) is 28.8 Å². The first kappa shape index (κ1) is 17.3. The molecule has 0 aliphatic carbocycles. The number of amides is 2. The van der Waals surface area contributed by atoms with E-state index in [1.165, 1.54) is 11.0 Å². The molecule has 0 saturated carbocycles. The number of hydrogen-bond donors (Lipinski definition) is 2. The van der Waals surface area contributed by atoms with Gasteiger partial charge in [0.2, 0.25) is 5.91 Å². The Morgan fingerprint density at radius 2 is 2.00 bits per heavy atom. The quantitative estimate of drug-likeness (QED) is 0.759. The van der Waals surface area contributed by atoms with E-state index >= 15 is 0 Å². The highest BCUT2D eigenvalue weighted by molar-refractivity contribution is 6.34. The molecule has 0 aliphatic rings. The molecule has 0 heterocycles. The topological polar surface area (TPSA) is 75.4 Å². The van der Waals surface area contributed by atoms with Crippen LogP contribution in [-0.4, -0.2) is 36.3 Å². The molecule has 0 unspecified atom stereocenters. The summed E-state index contributed by atoms with van der Waals surface area (Å²) in [6.45, 7) is 5.04. The lowest BCUT2D eigenvalue weighted by molar-refractivity contribution is -0.121. The van der Waals surface area contributed by atoms with E-state index in [0.29, 0.717) is 29.4 Å². The molecule has 0 saturated heterocycles. The van der Waals surface area contributed by atoms with E-state index in [9.17, 15) is 9.59 Å². The lowest BCUT2D eigenvalue weighted by Gasteiger charge is -2.22. The highest BCUT2D eigenvalue weighted by atomic mass is 35.5. The summed E-state index contributed by atoms with van der Waals surface area (Å²) in [6, 6.07) is 4.76. The normalized spacial score (nSPS) is 10.2. The second kappa shape index (κ2) is 8.52. The number of carbonyl (C=O) groups is 2. The molecule has 0 aromatic heterocycles. The molecule has 1 rings (SSSR count). The summed E-state index contributed by atoms with van der Waals surface area (Å²) in [5.41, 5.74) is 6.49. The van der Waals surface area contributed by atoms with Gasteiger partial charge in [-0.3, -0.25) is 9.59 Å². The number of nitrogens with zero attached hydrogens (tertiary/aromatic N) is 1. The van der Waals surface area contributed by atoms with Crippen molar-refractivity contribution in [2.45, 2.75) is 26.7 Å². The number of nitrogens with one attached hydrogen (secondary N) is 1. The fourth-order valence-corrected chi connectivity index (χ4v) is 2.09. The maximum atomic E-state index is 12.5. The van der Waals surface area contributed by atoms with Crippen LogP contribution in [0.15, 0.2) is 18.2 Å². The van der Waals surface area contributed by atoms with Gasteiger partial charge in [0.15, 0.2) is 0 Å². The van der Waals surface area contributed by atoms with Gasteiger partial charge in [-0.25, -0.2) is 0 Å². The Kier molecular flexibility index (Phi) is 7.02. The van der Waals surface area contributed by atoms with Gasteiger partial charge in [0, 0.05) is 18.8 Å². The minimum atomic E-state index is -0.277. The van der Waals surface area contributed by atoms with E-state index in [4.69, 9.17) is 17.3 Å². The number of benzene rings is 1. The van der Waals surface area contributed by atoms with Gasteiger partial charge in [-0.05, 0) is 31.0 Å². The Morgan fingerprint density at radius 1 is 1.29 bits per heavy atom. The molecule has 0 radical (unpaired) electrons. The van der Waals surface area contributed by atoms with Crippen LogP contribution >= 0.6 is 11.6 Å². The highest BCUT2D eigenvalue weighted by Crippen LogP contribution is 2.20. The number of carbonyl (C=O) groups excluding carboxylic acids is 2. The number of nitrogen functional groups attached to an aromatic ring is 1. The number of hydrogen-bond acceptors (Lipinski definition) is 3. The molecule has 0 aliphatic heterocycles. The zero-order valence-corrected chi connectivity index (χ0v) is 13.2. The van der Waals surface area contributed by atoms with Gasteiger partial charge in [-0.15, -0.1) is 0 Å². The third-order valence-electron chi connectivity index (χ3n) is 2.91. The van der Waals surface area contributed by atoms with Gasteiger partial charge in [-0.2, -0.15) is 0 Å². The molecule has 21 heavy (non-hydrogen) atoms. The van der Waals surface area contributed by atoms with Crippen LogP contribution in [0.2, 0.25) is 5.02 Å². The van der Waals surface area contributed by atoms with Crippen LogP contribution in [0, 0.1) is 0 Å². The summed E-state index contributed by atoms with van der Waals surface area (Å²) < 4.78 is 0. The molecular formula is C15H22ClN3O2. The van der Waals surface area contributed by atoms with Gasteiger partial charge in [-0.1, -0.05) is 25.4 Å². The molecule has 0 fully saturated rings. The maximum Gasteiger partial charge on any atom is 0.255 e. The van der Waals surface area contributed by atoms with Crippen LogP contribution in [0.1, 0.15) is 37.0 Å². The molecule has 1 aromatic rings. The average Bonchev–Trinajstić information content (AvgIpc) is 2.46. The monoisotopic (exact) mass is 311 g/mol. The van der Waals surface area contributed by atoms with Crippen molar-refractivity contribution in [1.82, 2.24) is 10.2 Å². The molecule has 0 atom stereocenters. The first-order valence-electron chi connectivity index (χ1n) is 7.10. The molecule has 3 N–H and O–H groups in total. The van der Waals surface area contributed by atoms with Gasteiger partial charge < -0.3 is 16.0 Å². The van der Waals surface area contributed by atoms with Crippen molar-refractivity contribution in [3.8, 4) is 0 Å². The molecule has 6 heteroatoms. The smallest absolute Gasteiger partial charge is 0.255 e. The third kappa shape index (κ3) is 5.27. The van der Waals surface area contributed by atoms with E-state index in [1.54, 1.807) is 12.1 Å². The summed E-state index contributed by atoms with van der Waals surface area (Å²) in [5.74, 6) is -0.445. The van der Waals surface area contributed by atoms with E-state index < -0.39 is 0 Å². The Morgan fingerprint density at radius 3 is 2.62 bits per heavy atom. The third-order valence-corrected chi connectivity index (χ3v) is 3.24. The van der Waals surface area contributed by atoms with Crippen LogP contribution in [0.3, 0.4) is 0 Å². The van der Waals surface area contributed by atoms with E-state index in [-0.39, 0.29) is 18.4 Å².